The van der Waals surface area contributed by atoms with Crippen molar-refractivity contribution in [2.75, 3.05) is 19.6 Å². The minimum atomic E-state index is -0.528. The van der Waals surface area contributed by atoms with E-state index in [1.807, 2.05) is 0 Å². The van der Waals surface area contributed by atoms with Crippen molar-refractivity contribution in [1.29, 1.82) is 0 Å². The Bertz CT molecular complexity index is 131. The zero-order valence-electron chi connectivity index (χ0n) is 8.96. The van der Waals surface area contributed by atoms with Crippen molar-refractivity contribution in [3.05, 3.63) is 0 Å². The maximum absolute atomic E-state index is 9.98. The first-order valence-electron chi connectivity index (χ1n) is 5.37. The molecule has 0 aliphatic rings. The fraction of sp³-hybridized carbons (Fsp3) is 0.900. The molecule has 1 unspecified atom stereocenters. The van der Waals surface area contributed by atoms with Crippen LogP contribution in [0.2, 0.25) is 0 Å². The van der Waals surface area contributed by atoms with E-state index in [1.165, 1.54) is 0 Å². The lowest BCUT2D eigenvalue weighted by molar-refractivity contribution is -0.107. The summed E-state index contributed by atoms with van der Waals surface area (Å²) in [6.07, 6.45) is 4.22. The Morgan fingerprint density at radius 3 is 2.79 bits per heavy atom. The van der Waals surface area contributed by atoms with E-state index >= 15 is 0 Å². The molecule has 3 N–H and O–H groups in total. The average Bonchev–Trinajstić information content (AvgIpc) is 2.20. The van der Waals surface area contributed by atoms with Crippen molar-refractivity contribution < 1.29 is 9.90 Å². The maximum Gasteiger partial charge on any atom is 0.133 e. The molecule has 4 nitrogen and oxygen atoms in total. The second-order valence-electron chi connectivity index (χ2n) is 3.29. The molecule has 0 amide bonds. The van der Waals surface area contributed by atoms with Crippen molar-refractivity contribution in [2.24, 2.45) is 0 Å². The number of aldehydes is 1. The van der Waals surface area contributed by atoms with Crippen molar-refractivity contribution in [1.82, 2.24) is 10.6 Å². The van der Waals surface area contributed by atoms with Gasteiger partial charge in [-0.05, 0) is 32.4 Å². The number of rotatable bonds is 10. The Morgan fingerprint density at radius 1 is 1.36 bits per heavy atom. The quantitative estimate of drug-likeness (QED) is 0.270. The highest BCUT2D eigenvalue weighted by atomic mass is 16.3. The molecule has 0 aromatic heterocycles. The fourth-order valence-corrected chi connectivity index (χ4v) is 1.23. The summed E-state index contributed by atoms with van der Waals surface area (Å²) in [7, 11) is 0. The lowest BCUT2D eigenvalue weighted by Crippen LogP contribution is -2.30. The van der Waals surface area contributed by atoms with Gasteiger partial charge in [0.15, 0.2) is 0 Å². The molecule has 0 aliphatic carbocycles. The Balaban J connectivity index is 3.06. The SMILES string of the molecule is CCNCCCCCC(O)NCC=O. The largest absolute Gasteiger partial charge is 0.379 e. The second kappa shape index (κ2) is 10.6. The summed E-state index contributed by atoms with van der Waals surface area (Å²) in [5.41, 5.74) is 0. The normalized spacial score (nSPS) is 12.7. The molecule has 0 heterocycles. The number of unbranched alkanes of at least 4 members (excludes halogenated alkanes) is 2. The molecule has 14 heavy (non-hydrogen) atoms. The van der Waals surface area contributed by atoms with Crippen LogP contribution in [0.5, 0.6) is 0 Å². The van der Waals surface area contributed by atoms with Crippen LogP contribution in [0.15, 0.2) is 0 Å². The Kier molecular flexibility index (Phi) is 10.3. The standard InChI is InChI=1S/C10H22N2O2/c1-2-11-7-5-3-4-6-10(14)12-8-9-13/h9-12,14H,2-8H2,1H3. The molecule has 0 aromatic carbocycles. The van der Waals surface area contributed by atoms with Gasteiger partial charge in [0.25, 0.3) is 0 Å². The summed E-state index contributed by atoms with van der Waals surface area (Å²) in [4.78, 5) is 9.98. The first-order chi connectivity index (χ1) is 6.81. The van der Waals surface area contributed by atoms with Gasteiger partial charge in [0.2, 0.25) is 0 Å². The summed E-state index contributed by atoms with van der Waals surface area (Å²) < 4.78 is 0. The molecule has 0 fully saturated rings. The third kappa shape index (κ3) is 9.64. The molecule has 0 bridgehead atoms. The highest BCUT2D eigenvalue weighted by Crippen LogP contribution is 2.01. The smallest absolute Gasteiger partial charge is 0.133 e. The van der Waals surface area contributed by atoms with E-state index in [-0.39, 0.29) is 6.54 Å². The van der Waals surface area contributed by atoms with Gasteiger partial charge in [0.1, 0.15) is 12.5 Å². The number of carbonyl (C=O) groups excluding carboxylic acids is 1. The molecule has 0 radical (unpaired) electrons. The van der Waals surface area contributed by atoms with Gasteiger partial charge in [-0.1, -0.05) is 13.3 Å². The summed E-state index contributed by atoms with van der Waals surface area (Å²) in [6, 6.07) is 0. The number of aliphatic hydroxyl groups excluding tert-OH is 1. The molecular formula is C10H22N2O2. The van der Waals surface area contributed by atoms with Crippen LogP contribution >= 0.6 is 0 Å². The van der Waals surface area contributed by atoms with Crippen LogP contribution in [0.3, 0.4) is 0 Å². The summed E-state index contributed by atoms with van der Waals surface area (Å²) in [6.45, 7) is 4.39. The van der Waals surface area contributed by atoms with Crippen LogP contribution < -0.4 is 10.6 Å². The van der Waals surface area contributed by atoms with E-state index in [4.69, 9.17) is 0 Å². The zero-order chi connectivity index (χ0) is 10.6. The van der Waals surface area contributed by atoms with Gasteiger partial charge in [0.05, 0.1) is 6.54 Å². The number of hydrogen-bond acceptors (Lipinski definition) is 4. The van der Waals surface area contributed by atoms with E-state index in [0.29, 0.717) is 0 Å². The molecule has 4 heteroatoms. The van der Waals surface area contributed by atoms with Gasteiger partial charge in [-0.15, -0.1) is 0 Å². The van der Waals surface area contributed by atoms with Crippen LogP contribution in [0.1, 0.15) is 32.6 Å². The minimum Gasteiger partial charge on any atom is -0.379 e. The number of carbonyl (C=O) groups is 1. The minimum absolute atomic E-state index is 0.235. The van der Waals surface area contributed by atoms with Gasteiger partial charge >= 0.3 is 0 Å². The first kappa shape index (κ1) is 13.5. The predicted molar refractivity (Wildman–Crippen MR) is 57.1 cm³/mol. The van der Waals surface area contributed by atoms with Crippen LogP contribution in [0, 0.1) is 0 Å². The molecular weight excluding hydrogens is 180 g/mol. The van der Waals surface area contributed by atoms with Crippen molar-refractivity contribution >= 4 is 6.29 Å². The Hall–Kier alpha value is -0.450. The van der Waals surface area contributed by atoms with Gasteiger partial charge in [-0.3, -0.25) is 5.32 Å². The molecule has 1 atom stereocenters. The third-order valence-electron chi connectivity index (χ3n) is 2.02. The predicted octanol–water partition coefficient (Wildman–Crippen LogP) is 0.263. The maximum atomic E-state index is 9.98. The molecule has 0 spiro atoms. The summed E-state index contributed by atoms with van der Waals surface area (Å²) >= 11 is 0. The van der Waals surface area contributed by atoms with Crippen molar-refractivity contribution in [3.63, 3.8) is 0 Å². The van der Waals surface area contributed by atoms with E-state index < -0.39 is 6.23 Å². The van der Waals surface area contributed by atoms with Gasteiger partial charge in [-0.25, -0.2) is 0 Å². The van der Waals surface area contributed by atoms with Crippen LogP contribution in [-0.4, -0.2) is 37.3 Å². The summed E-state index contributed by atoms with van der Waals surface area (Å²) in [5.74, 6) is 0. The third-order valence-corrected chi connectivity index (χ3v) is 2.02. The van der Waals surface area contributed by atoms with E-state index in [2.05, 4.69) is 17.6 Å². The molecule has 0 saturated heterocycles. The van der Waals surface area contributed by atoms with E-state index in [9.17, 15) is 9.90 Å². The van der Waals surface area contributed by atoms with Crippen LogP contribution in [0.4, 0.5) is 0 Å². The molecule has 0 saturated carbocycles. The Labute approximate surface area is 86.1 Å². The highest BCUT2D eigenvalue weighted by Gasteiger charge is 2.00. The zero-order valence-corrected chi connectivity index (χ0v) is 8.96. The van der Waals surface area contributed by atoms with Crippen molar-refractivity contribution in [2.45, 2.75) is 38.8 Å². The Morgan fingerprint density at radius 2 is 2.14 bits per heavy atom. The second-order valence-corrected chi connectivity index (χ2v) is 3.29. The van der Waals surface area contributed by atoms with Gasteiger partial charge < -0.3 is 15.2 Å². The lowest BCUT2D eigenvalue weighted by atomic mass is 10.2. The number of aliphatic hydroxyl groups is 1. The molecule has 0 aromatic rings. The number of hydrogen-bond donors (Lipinski definition) is 3. The first-order valence-corrected chi connectivity index (χ1v) is 5.37. The van der Waals surface area contributed by atoms with E-state index in [1.54, 1.807) is 0 Å². The monoisotopic (exact) mass is 202 g/mol. The lowest BCUT2D eigenvalue weighted by Gasteiger charge is -2.09. The van der Waals surface area contributed by atoms with Gasteiger partial charge in [-0.2, -0.15) is 0 Å². The summed E-state index contributed by atoms with van der Waals surface area (Å²) in [5, 5.41) is 15.2. The highest BCUT2D eigenvalue weighted by molar-refractivity contribution is 5.51. The molecule has 84 valence electrons. The van der Waals surface area contributed by atoms with Crippen LogP contribution in [0.25, 0.3) is 0 Å². The van der Waals surface area contributed by atoms with Gasteiger partial charge in [0, 0.05) is 0 Å². The number of nitrogens with one attached hydrogen (secondary N) is 2. The van der Waals surface area contributed by atoms with E-state index in [0.717, 1.165) is 45.1 Å². The molecule has 0 rings (SSSR count). The van der Waals surface area contributed by atoms with Crippen LogP contribution in [-0.2, 0) is 4.79 Å². The fourth-order valence-electron chi connectivity index (χ4n) is 1.23. The topological polar surface area (TPSA) is 61.4 Å². The van der Waals surface area contributed by atoms with Crippen molar-refractivity contribution in [3.8, 4) is 0 Å². The molecule has 0 aliphatic heterocycles. The average molecular weight is 202 g/mol.